The highest BCUT2D eigenvalue weighted by Crippen LogP contribution is 2.22. The Kier molecular flexibility index (Phi) is 5.32. The van der Waals surface area contributed by atoms with E-state index in [1.54, 1.807) is 18.6 Å². The quantitative estimate of drug-likeness (QED) is 0.522. The molecule has 1 unspecified atom stereocenters. The molecule has 1 aromatic heterocycles. The molecule has 0 aliphatic rings. The Morgan fingerprint density at radius 3 is 2.65 bits per heavy atom. The highest BCUT2D eigenvalue weighted by Gasteiger charge is 2.13. The third kappa shape index (κ3) is 4.51. The predicted molar refractivity (Wildman–Crippen MR) is 81.7 cm³/mol. The second-order valence-corrected chi connectivity index (χ2v) is 5.50. The molecule has 5 heteroatoms. The zero-order valence-corrected chi connectivity index (χ0v) is 11.9. The van der Waals surface area contributed by atoms with Gasteiger partial charge in [-0.05, 0) is 36.8 Å². The number of nitrogens with one attached hydrogen (secondary N) is 1. The lowest BCUT2D eigenvalue weighted by molar-refractivity contribution is -0.120. The normalized spacial score (nSPS) is 12.2. The van der Waals surface area contributed by atoms with Crippen LogP contribution in [0.25, 0.3) is 0 Å². The maximum absolute atomic E-state index is 11.9. The van der Waals surface area contributed by atoms with Crippen LogP contribution in [0.15, 0.2) is 64.9 Å². The van der Waals surface area contributed by atoms with Gasteiger partial charge in [-0.25, -0.2) is 5.43 Å². The van der Waals surface area contributed by atoms with Crippen molar-refractivity contribution in [3.8, 4) is 0 Å². The Bertz CT molecular complexity index is 572. The Hall–Kier alpha value is -2.14. The minimum Gasteiger partial charge on any atom is -0.272 e. The molecular formula is C15H15N3OS. The van der Waals surface area contributed by atoms with E-state index in [0.717, 1.165) is 10.5 Å². The van der Waals surface area contributed by atoms with Crippen molar-refractivity contribution in [2.45, 2.75) is 17.1 Å². The molecule has 1 amide bonds. The first-order valence-corrected chi connectivity index (χ1v) is 7.08. The molecule has 0 radical (unpaired) electrons. The van der Waals surface area contributed by atoms with E-state index in [0.29, 0.717) is 0 Å². The molecule has 0 fully saturated rings. The Balaban J connectivity index is 1.84. The number of hydrazone groups is 1. The van der Waals surface area contributed by atoms with E-state index in [4.69, 9.17) is 0 Å². The standard InChI is InChI=1S/C15H15N3OS/c1-12(20-14-5-3-2-4-6-14)15(19)18-17-11-13-7-9-16-10-8-13/h2-12H,1H3,(H,18,19)/b17-11+. The van der Waals surface area contributed by atoms with Crippen molar-refractivity contribution in [1.29, 1.82) is 0 Å². The molecule has 2 aromatic rings. The summed E-state index contributed by atoms with van der Waals surface area (Å²) < 4.78 is 0. The van der Waals surface area contributed by atoms with E-state index >= 15 is 0 Å². The van der Waals surface area contributed by atoms with Crippen LogP contribution in [0.5, 0.6) is 0 Å². The molecule has 1 atom stereocenters. The number of nitrogens with zero attached hydrogens (tertiary/aromatic N) is 2. The van der Waals surface area contributed by atoms with Crippen LogP contribution in [0.3, 0.4) is 0 Å². The zero-order chi connectivity index (χ0) is 14.2. The van der Waals surface area contributed by atoms with Crippen LogP contribution in [0.1, 0.15) is 12.5 Å². The number of thioether (sulfide) groups is 1. The van der Waals surface area contributed by atoms with Gasteiger partial charge in [-0.3, -0.25) is 9.78 Å². The van der Waals surface area contributed by atoms with Crippen LogP contribution in [0.2, 0.25) is 0 Å². The monoisotopic (exact) mass is 285 g/mol. The van der Waals surface area contributed by atoms with Gasteiger partial charge in [0.05, 0.1) is 11.5 Å². The molecule has 2 rings (SSSR count). The number of carbonyl (C=O) groups is 1. The second-order valence-electron chi connectivity index (χ2n) is 4.09. The zero-order valence-electron chi connectivity index (χ0n) is 11.1. The SMILES string of the molecule is CC(Sc1ccccc1)C(=O)N/N=C/c1ccncc1. The summed E-state index contributed by atoms with van der Waals surface area (Å²) >= 11 is 1.50. The maximum Gasteiger partial charge on any atom is 0.253 e. The fourth-order valence-electron chi connectivity index (χ4n) is 1.47. The van der Waals surface area contributed by atoms with Gasteiger partial charge in [-0.1, -0.05) is 18.2 Å². The van der Waals surface area contributed by atoms with Crippen LogP contribution in [-0.2, 0) is 4.79 Å². The first kappa shape index (κ1) is 14.3. The number of hydrogen-bond acceptors (Lipinski definition) is 4. The van der Waals surface area contributed by atoms with E-state index in [2.05, 4.69) is 15.5 Å². The first-order chi connectivity index (χ1) is 9.75. The summed E-state index contributed by atoms with van der Waals surface area (Å²) in [7, 11) is 0. The van der Waals surface area contributed by atoms with Crippen LogP contribution in [0.4, 0.5) is 0 Å². The van der Waals surface area contributed by atoms with Crippen molar-refractivity contribution in [1.82, 2.24) is 10.4 Å². The average Bonchev–Trinajstić information content (AvgIpc) is 2.49. The summed E-state index contributed by atoms with van der Waals surface area (Å²) in [6, 6.07) is 13.5. The van der Waals surface area contributed by atoms with Crippen molar-refractivity contribution in [3.05, 3.63) is 60.4 Å². The molecule has 102 valence electrons. The largest absolute Gasteiger partial charge is 0.272 e. The lowest BCUT2D eigenvalue weighted by atomic mass is 10.3. The lowest BCUT2D eigenvalue weighted by Crippen LogP contribution is -2.26. The highest BCUT2D eigenvalue weighted by atomic mass is 32.2. The molecule has 0 aliphatic carbocycles. The van der Waals surface area contributed by atoms with Crippen molar-refractivity contribution in [3.63, 3.8) is 0 Å². The minimum absolute atomic E-state index is 0.121. The van der Waals surface area contributed by atoms with E-state index < -0.39 is 0 Å². The number of rotatable bonds is 5. The Labute approximate surface area is 122 Å². The number of carbonyl (C=O) groups excluding carboxylic acids is 1. The molecule has 0 saturated carbocycles. The minimum atomic E-state index is -0.202. The van der Waals surface area contributed by atoms with Gasteiger partial charge in [0.1, 0.15) is 0 Å². The third-order valence-corrected chi connectivity index (χ3v) is 3.63. The molecule has 0 saturated heterocycles. The lowest BCUT2D eigenvalue weighted by Gasteiger charge is -2.08. The molecule has 1 heterocycles. The Morgan fingerprint density at radius 2 is 1.95 bits per heavy atom. The van der Waals surface area contributed by atoms with Gasteiger partial charge in [-0.2, -0.15) is 5.10 Å². The summed E-state index contributed by atoms with van der Waals surface area (Å²) in [5, 5.41) is 3.74. The van der Waals surface area contributed by atoms with Gasteiger partial charge in [0.15, 0.2) is 0 Å². The average molecular weight is 285 g/mol. The van der Waals surface area contributed by atoms with E-state index in [1.807, 2.05) is 49.4 Å². The van der Waals surface area contributed by atoms with Crippen molar-refractivity contribution in [2.24, 2.45) is 5.10 Å². The fourth-order valence-corrected chi connectivity index (χ4v) is 2.35. The Morgan fingerprint density at radius 1 is 1.25 bits per heavy atom. The van der Waals surface area contributed by atoms with E-state index in [9.17, 15) is 4.79 Å². The number of hydrogen-bond donors (Lipinski definition) is 1. The topological polar surface area (TPSA) is 54.4 Å². The first-order valence-electron chi connectivity index (χ1n) is 6.20. The predicted octanol–water partition coefficient (Wildman–Crippen LogP) is 2.71. The summed E-state index contributed by atoms with van der Waals surface area (Å²) in [5.74, 6) is -0.121. The number of amides is 1. The highest BCUT2D eigenvalue weighted by molar-refractivity contribution is 8.00. The van der Waals surface area contributed by atoms with Gasteiger partial charge < -0.3 is 0 Å². The summed E-state index contributed by atoms with van der Waals surface area (Å²) in [6.07, 6.45) is 4.95. The van der Waals surface area contributed by atoms with Crippen molar-refractivity contribution in [2.75, 3.05) is 0 Å². The van der Waals surface area contributed by atoms with Crippen molar-refractivity contribution >= 4 is 23.9 Å². The number of benzene rings is 1. The molecule has 20 heavy (non-hydrogen) atoms. The van der Waals surface area contributed by atoms with E-state index in [-0.39, 0.29) is 11.2 Å². The second kappa shape index (κ2) is 7.45. The molecule has 0 aliphatic heterocycles. The van der Waals surface area contributed by atoms with Gasteiger partial charge in [0.25, 0.3) is 5.91 Å². The summed E-state index contributed by atoms with van der Waals surface area (Å²) in [5.41, 5.74) is 3.43. The van der Waals surface area contributed by atoms with Gasteiger partial charge >= 0.3 is 0 Å². The van der Waals surface area contributed by atoms with Crippen molar-refractivity contribution < 1.29 is 4.79 Å². The van der Waals surface area contributed by atoms with Crippen LogP contribution in [-0.4, -0.2) is 22.4 Å². The molecule has 1 aromatic carbocycles. The summed E-state index contributed by atoms with van der Waals surface area (Å²) in [6.45, 7) is 1.86. The number of aromatic nitrogens is 1. The molecule has 1 N–H and O–H groups in total. The third-order valence-electron chi connectivity index (χ3n) is 2.52. The van der Waals surface area contributed by atoms with Crippen LogP contribution >= 0.6 is 11.8 Å². The molecule has 4 nitrogen and oxygen atoms in total. The van der Waals surface area contributed by atoms with Gasteiger partial charge in [0, 0.05) is 17.3 Å². The van der Waals surface area contributed by atoms with Gasteiger partial charge in [-0.15, -0.1) is 11.8 Å². The molecular weight excluding hydrogens is 270 g/mol. The summed E-state index contributed by atoms with van der Waals surface area (Å²) in [4.78, 5) is 16.9. The maximum atomic E-state index is 11.9. The number of pyridine rings is 1. The van der Waals surface area contributed by atoms with Crippen LogP contribution in [0, 0.1) is 0 Å². The fraction of sp³-hybridized carbons (Fsp3) is 0.133. The van der Waals surface area contributed by atoms with Gasteiger partial charge in [0.2, 0.25) is 0 Å². The van der Waals surface area contributed by atoms with Crippen LogP contribution < -0.4 is 5.43 Å². The van der Waals surface area contributed by atoms with E-state index in [1.165, 1.54) is 11.8 Å². The molecule has 0 spiro atoms. The smallest absolute Gasteiger partial charge is 0.253 e. The molecule has 0 bridgehead atoms.